The average molecular weight is 334 g/mol. The zero-order valence-corrected chi connectivity index (χ0v) is 15.0. The Kier molecular flexibility index (Phi) is 3.44. The zero-order chi connectivity index (χ0) is 17.5. The lowest BCUT2D eigenvalue weighted by Gasteiger charge is -2.59. The number of hydrogen-bond donors (Lipinski definition) is 3. The highest BCUT2D eigenvalue weighted by Gasteiger charge is 2.66. The third kappa shape index (κ3) is 1.88. The van der Waals surface area contributed by atoms with Gasteiger partial charge in [-0.25, -0.2) is 0 Å². The highest BCUT2D eigenvalue weighted by atomic mass is 16.3. The van der Waals surface area contributed by atoms with E-state index in [0.717, 1.165) is 24.8 Å². The second kappa shape index (κ2) is 4.93. The Hall–Kier alpha value is -0.710. The van der Waals surface area contributed by atoms with Crippen molar-refractivity contribution in [2.75, 3.05) is 0 Å². The lowest BCUT2D eigenvalue weighted by Crippen LogP contribution is -2.57. The fourth-order valence-corrected chi connectivity index (χ4v) is 6.84. The largest absolute Gasteiger partial charge is 0.390 e. The molecule has 4 aliphatic rings. The molecule has 0 heterocycles. The summed E-state index contributed by atoms with van der Waals surface area (Å²) in [6.07, 6.45) is 5.00. The molecule has 0 spiro atoms. The summed E-state index contributed by atoms with van der Waals surface area (Å²) in [5.41, 5.74) is -0.534. The molecular formula is C20H30O4. The van der Waals surface area contributed by atoms with Crippen molar-refractivity contribution in [1.29, 1.82) is 0 Å². The summed E-state index contributed by atoms with van der Waals surface area (Å²) in [7, 11) is 0. The van der Waals surface area contributed by atoms with Crippen molar-refractivity contribution < 1.29 is 20.1 Å². The highest BCUT2D eigenvalue weighted by Crippen LogP contribution is 2.67. The fraction of sp³-hybridized carbons (Fsp3) is 0.850. The van der Waals surface area contributed by atoms with Crippen LogP contribution in [0.4, 0.5) is 0 Å². The molecule has 3 N–H and O–H groups in total. The molecule has 0 aromatic heterocycles. The maximum absolute atomic E-state index is 11.9. The van der Waals surface area contributed by atoms with E-state index in [1.807, 2.05) is 0 Å². The van der Waals surface area contributed by atoms with Gasteiger partial charge in [0.1, 0.15) is 0 Å². The lowest BCUT2D eigenvalue weighted by molar-refractivity contribution is -0.149. The van der Waals surface area contributed by atoms with Crippen LogP contribution in [0.3, 0.4) is 0 Å². The third-order valence-corrected chi connectivity index (χ3v) is 8.65. The highest BCUT2D eigenvalue weighted by molar-refractivity contribution is 5.91. The predicted molar refractivity (Wildman–Crippen MR) is 90.1 cm³/mol. The standard InChI is InChI=1S/C20H30O4/c1-18-6-4-11(21)8-15(18)16(22)9-12-13(18)5-7-19(2)14(12)10-17(23)20(19,3)24/h8,12-14,16-17,22-24H,4-7,9-10H2,1-3H3/t12-,13+,14+,16?,17?,18-,19+,20?/m1/s1. The van der Waals surface area contributed by atoms with Crippen molar-refractivity contribution in [1.82, 2.24) is 0 Å². The van der Waals surface area contributed by atoms with Gasteiger partial charge >= 0.3 is 0 Å². The van der Waals surface area contributed by atoms with Gasteiger partial charge in [-0.1, -0.05) is 13.8 Å². The van der Waals surface area contributed by atoms with Crippen LogP contribution in [0.15, 0.2) is 11.6 Å². The number of carbonyl (C=O) groups is 1. The maximum atomic E-state index is 11.9. The first kappa shape index (κ1) is 16.7. The minimum Gasteiger partial charge on any atom is -0.390 e. The van der Waals surface area contributed by atoms with Crippen LogP contribution in [-0.4, -0.2) is 38.9 Å². The first-order chi connectivity index (χ1) is 11.1. The lowest BCUT2D eigenvalue weighted by atomic mass is 9.46. The molecule has 3 saturated carbocycles. The molecule has 4 aliphatic carbocycles. The fourth-order valence-electron chi connectivity index (χ4n) is 6.84. The SMILES string of the molecule is CC1(O)C(O)C[C@H]2[C@@H]3CC(O)C4=CC(=O)CC[C@]4(C)[C@H]3CC[C@@]21C. The number of rotatable bonds is 0. The summed E-state index contributed by atoms with van der Waals surface area (Å²) in [5, 5.41) is 32.2. The monoisotopic (exact) mass is 334 g/mol. The van der Waals surface area contributed by atoms with Crippen molar-refractivity contribution in [3.8, 4) is 0 Å². The topological polar surface area (TPSA) is 77.8 Å². The van der Waals surface area contributed by atoms with Crippen LogP contribution in [0.5, 0.6) is 0 Å². The van der Waals surface area contributed by atoms with Gasteiger partial charge in [0.25, 0.3) is 0 Å². The summed E-state index contributed by atoms with van der Waals surface area (Å²) in [6.45, 7) is 6.12. The number of hydrogen-bond acceptors (Lipinski definition) is 4. The Bertz CT molecular complexity index is 609. The van der Waals surface area contributed by atoms with E-state index < -0.39 is 17.8 Å². The first-order valence-corrected chi connectivity index (χ1v) is 9.44. The number of aliphatic hydroxyl groups is 3. The molecule has 0 aromatic rings. The summed E-state index contributed by atoms with van der Waals surface area (Å²) in [5.74, 6) is 1.10. The van der Waals surface area contributed by atoms with Gasteiger partial charge in [0.05, 0.1) is 17.8 Å². The van der Waals surface area contributed by atoms with Crippen molar-refractivity contribution >= 4 is 5.78 Å². The molecule has 8 atom stereocenters. The molecule has 0 aromatic carbocycles. The molecule has 4 nitrogen and oxygen atoms in total. The molecule has 0 radical (unpaired) electrons. The molecular weight excluding hydrogens is 304 g/mol. The van der Waals surface area contributed by atoms with Gasteiger partial charge in [-0.3, -0.25) is 4.79 Å². The molecule has 134 valence electrons. The van der Waals surface area contributed by atoms with Crippen molar-refractivity contribution in [3.05, 3.63) is 11.6 Å². The van der Waals surface area contributed by atoms with E-state index in [4.69, 9.17) is 0 Å². The van der Waals surface area contributed by atoms with Gasteiger partial charge in [-0.15, -0.1) is 0 Å². The van der Waals surface area contributed by atoms with Crippen molar-refractivity contribution in [2.24, 2.45) is 28.6 Å². The Balaban J connectivity index is 1.75. The summed E-state index contributed by atoms with van der Waals surface area (Å²) in [6, 6.07) is 0. The Labute approximate surface area is 144 Å². The molecule has 24 heavy (non-hydrogen) atoms. The van der Waals surface area contributed by atoms with Gasteiger partial charge in [-0.2, -0.15) is 0 Å². The van der Waals surface area contributed by atoms with E-state index in [2.05, 4.69) is 13.8 Å². The van der Waals surface area contributed by atoms with Gasteiger partial charge in [0, 0.05) is 11.8 Å². The molecule has 4 rings (SSSR count). The van der Waals surface area contributed by atoms with Crippen LogP contribution in [0, 0.1) is 28.6 Å². The number of ketones is 1. The molecule has 0 saturated heterocycles. The molecule has 3 fully saturated rings. The number of aliphatic hydroxyl groups excluding tert-OH is 2. The second-order valence-electron chi connectivity index (χ2n) is 9.47. The summed E-state index contributed by atoms with van der Waals surface area (Å²) >= 11 is 0. The van der Waals surface area contributed by atoms with Crippen LogP contribution in [-0.2, 0) is 4.79 Å². The van der Waals surface area contributed by atoms with E-state index in [1.165, 1.54) is 0 Å². The molecule has 0 aliphatic heterocycles. The van der Waals surface area contributed by atoms with Crippen LogP contribution in [0.25, 0.3) is 0 Å². The Morgan fingerprint density at radius 3 is 2.50 bits per heavy atom. The Morgan fingerprint density at radius 1 is 1.08 bits per heavy atom. The van der Waals surface area contributed by atoms with Gasteiger partial charge in [0.2, 0.25) is 0 Å². The van der Waals surface area contributed by atoms with Gasteiger partial charge in [0.15, 0.2) is 5.78 Å². The van der Waals surface area contributed by atoms with E-state index in [-0.39, 0.29) is 22.5 Å². The van der Waals surface area contributed by atoms with E-state index in [1.54, 1.807) is 13.0 Å². The van der Waals surface area contributed by atoms with Crippen molar-refractivity contribution in [3.63, 3.8) is 0 Å². The van der Waals surface area contributed by atoms with Crippen LogP contribution in [0.1, 0.15) is 59.3 Å². The molecule has 3 unspecified atom stereocenters. The summed E-state index contributed by atoms with van der Waals surface area (Å²) in [4.78, 5) is 11.9. The second-order valence-corrected chi connectivity index (χ2v) is 9.47. The molecule has 0 bridgehead atoms. The van der Waals surface area contributed by atoms with Gasteiger partial charge < -0.3 is 15.3 Å². The third-order valence-electron chi connectivity index (χ3n) is 8.65. The summed E-state index contributed by atoms with van der Waals surface area (Å²) < 4.78 is 0. The molecule has 0 amide bonds. The van der Waals surface area contributed by atoms with Crippen LogP contribution >= 0.6 is 0 Å². The quantitative estimate of drug-likeness (QED) is 0.635. The zero-order valence-electron chi connectivity index (χ0n) is 15.0. The van der Waals surface area contributed by atoms with E-state index >= 15 is 0 Å². The number of carbonyl (C=O) groups excluding carboxylic acids is 1. The minimum absolute atomic E-state index is 0.114. The molecule has 4 heteroatoms. The van der Waals surface area contributed by atoms with Crippen molar-refractivity contribution in [2.45, 2.75) is 77.1 Å². The normalized spacial score (nSPS) is 57.0. The predicted octanol–water partition coefficient (Wildman–Crippen LogP) is 2.21. The van der Waals surface area contributed by atoms with E-state index in [0.29, 0.717) is 31.1 Å². The minimum atomic E-state index is -1.06. The van der Waals surface area contributed by atoms with Crippen LogP contribution in [0.2, 0.25) is 0 Å². The average Bonchev–Trinajstić information content (AvgIpc) is 2.69. The van der Waals surface area contributed by atoms with E-state index in [9.17, 15) is 20.1 Å². The first-order valence-electron chi connectivity index (χ1n) is 9.44. The van der Waals surface area contributed by atoms with Crippen LogP contribution < -0.4 is 0 Å². The smallest absolute Gasteiger partial charge is 0.155 e. The maximum Gasteiger partial charge on any atom is 0.155 e. The number of fused-ring (bicyclic) bond motifs is 5. The van der Waals surface area contributed by atoms with Gasteiger partial charge in [-0.05, 0) is 73.8 Å². The Morgan fingerprint density at radius 2 is 1.79 bits per heavy atom.